The Morgan fingerprint density at radius 3 is 2.77 bits per heavy atom. The lowest BCUT2D eigenvalue weighted by Crippen LogP contribution is -2.03. The van der Waals surface area contributed by atoms with E-state index in [-0.39, 0.29) is 11.7 Å². The largest absolute Gasteiger partial charge is 0.504 e. The van der Waals surface area contributed by atoms with E-state index in [0.717, 1.165) is 20.2 Å². The van der Waals surface area contributed by atoms with Crippen LogP contribution in [-0.2, 0) is 4.79 Å². The van der Waals surface area contributed by atoms with Gasteiger partial charge in [-0.3, -0.25) is 4.79 Å². The average molecular weight is 425 g/mol. The number of amides is 1. The molecule has 0 saturated heterocycles. The maximum absolute atomic E-state index is 12.2. The van der Waals surface area contributed by atoms with E-state index in [2.05, 4.69) is 37.2 Å². The third kappa shape index (κ3) is 2.53. The fourth-order valence-electron chi connectivity index (χ4n) is 2.34. The number of phenols is 1. The molecule has 1 heterocycles. The quantitative estimate of drug-likeness (QED) is 0.701. The van der Waals surface area contributed by atoms with Crippen molar-refractivity contribution < 1.29 is 14.6 Å². The lowest BCUT2D eigenvalue weighted by Gasteiger charge is -2.06. The number of hydrogen-bond donors (Lipinski definition) is 2. The second kappa shape index (κ2) is 5.78. The van der Waals surface area contributed by atoms with E-state index in [1.165, 1.54) is 7.11 Å². The number of methoxy groups -OCH3 is 1. The maximum atomic E-state index is 12.2. The van der Waals surface area contributed by atoms with Crippen molar-refractivity contribution in [1.29, 1.82) is 0 Å². The standard InChI is InChI=1S/C16H11Br2NO3/c1-22-13-4-2-3-8(15(13)20)5-11-10-6-9(17)7-12(18)14(10)19-16(11)21/h2-7,20H,1H3,(H,19,21). The van der Waals surface area contributed by atoms with Gasteiger partial charge < -0.3 is 15.2 Å². The van der Waals surface area contributed by atoms with E-state index in [1.807, 2.05) is 12.1 Å². The van der Waals surface area contributed by atoms with Crippen LogP contribution in [0.4, 0.5) is 5.69 Å². The third-order valence-electron chi connectivity index (χ3n) is 3.38. The van der Waals surface area contributed by atoms with Gasteiger partial charge in [-0.25, -0.2) is 0 Å². The molecule has 0 fully saturated rings. The molecule has 2 N–H and O–H groups in total. The summed E-state index contributed by atoms with van der Waals surface area (Å²) in [5, 5.41) is 13.0. The number of carbonyl (C=O) groups excluding carboxylic acids is 1. The van der Waals surface area contributed by atoms with Crippen LogP contribution >= 0.6 is 31.9 Å². The molecule has 112 valence electrons. The fraction of sp³-hybridized carbons (Fsp3) is 0.0625. The van der Waals surface area contributed by atoms with E-state index < -0.39 is 0 Å². The Balaban J connectivity index is 2.16. The number of halogens is 2. The second-order valence-corrected chi connectivity index (χ2v) is 6.49. The zero-order chi connectivity index (χ0) is 15.9. The summed E-state index contributed by atoms with van der Waals surface area (Å²) in [5.41, 5.74) is 2.50. The van der Waals surface area contributed by atoms with Crippen LogP contribution in [0.5, 0.6) is 11.5 Å². The normalized spacial score (nSPS) is 14.9. The number of ether oxygens (including phenoxy) is 1. The van der Waals surface area contributed by atoms with Crippen molar-refractivity contribution in [2.24, 2.45) is 0 Å². The van der Waals surface area contributed by atoms with E-state index in [0.29, 0.717) is 16.9 Å². The number of fused-ring (bicyclic) bond motifs is 1. The zero-order valence-corrected chi connectivity index (χ0v) is 14.7. The van der Waals surface area contributed by atoms with Crippen LogP contribution in [0.3, 0.4) is 0 Å². The van der Waals surface area contributed by atoms with Crippen molar-refractivity contribution in [2.75, 3.05) is 12.4 Å². The van der Waals surface area contributed by atoms with Gasteiger partial charge in [0.15, 0.2) is 11.5 Å². The number of hydrogen-bond acceptors (Lipinski definition) is 3. The maximum Gasteiger partial charge on any atom is 0.256 e. The summed E-state index contributed by atoms with van der Waals surface area (Å²) in [5.74, 6) is 0.159. The van der Waals surface area contributed by atoms with Crippen LogP contribution < -0.4 is 10.1 Å². The lowest BCUT2D eigenvalue weighted by atomic mass is 10.0. The van der Waals surface area contributed by atoms with Crippen molar-refractivity contribution in [3.63, 3.8) is 0 Å². The molecule has 6 heteroatoms. The molecule has 0 radical (unpaired) electrons. The Kier molecular flexibility index (Phi) is 3.97. The van der Waals surface area contributed by atoms with Gasteiger partial charge in [-0.05, 0) is 40.2 Å². The SMILES string of the molecule is COc1cccc(C=C2C(=O)Nc3c(Br)cc(Br)cc32)c1O. The Morgan fingerprint density at radius 1 is 1.27 bits per heavy atom. The Labute approximate surface area is 144 Å². The molecule has 4 nitrogen and oxygen atoms in total. The van der Waals surface area contributed by atoms with E-state index in [4.69, 9.17) is 4.74 Å². The molecule has 0 aliphatic carbocycles. The van der Waals surface area contributed by atoms with Gasteiger partial charge >= 0.3 is 0 Å². The number of anilines is 1. The van der Waals surface area contributed by atoms with Crippen molar-refractivity contribution in [3.8, 4) is 11.5 Å². The minimum absolute atomic E-state index is 0.00723. The van der Waals surface area contributed by atoms with Gasteiger partial charge in [0.05, 0.1) is 12.8 Å². The molecule has 0 atom stereocenters. The molecule has 0 bridgehead atoms. The van der Waals surface area contributed by atoms with E-state index >= 15 is 0 Å². The summed E-state index contributed by atoms with van der Waals surface area (Å²) >= 11 is 6.85. The first-order chi connectivity index (χ1) is 10.5. The first-order valence-electron chi connectivity index (χ1n) is 6.39. The first-order valence-corrected chi connectivity index (χ1v) is 7.98. The molecule has 3 rings (SSSR count). The highest BCUT2D eigenvalue weighted by Gasteiger charge is 2.27. The Bertz CT molecular complexity index is 815. The molecule has 2 aromatic carbocycles. The highest BCUT2D eigenvalue weighted by molar-refractivity contribution is 9.11. The summed E-state index contributed by atoms with van der Waals surface area (Å²) < 4.78 is 6.74. The predicted octanol–water partition coefficient (Wildman–Crippen LogP) is 4.42. The molecular formula is C16H11Br2NO3. The van der Waals surface area contributed by atoms with Gasteiger partial charge in [-0.15, -0.1) is 0 Å². The molecule has 1 aliphatic heterocycles. The Morgan fingerprint density at radius 2 is 2.05 bits per heavy atom. The van der Waals surface area contributed by atoms with Crippen molar-refractivity contribution in [1.82, 2.24) is 0 Å². The number of phenolic OH excluding ortho intramolecular Hbond substituents is 1. The molecule has 22 heavy (non-hydrogen) atoms. The summed E-state index contributed by atoms with van der Waals surface area (Å²) in [6, 6.07) is 8.87. The van der Waals surface area contributed by atoms with Crippen LogP contribution in [-0.4, -0.2) is 18.1 Å². The lowest BCUT2D eigenvalue weighted by molar-refractivity contribution is -0.110. The Hall–Kier alpha value is -1.79. The number of rotatable bonds is 2. The topological polar surface area (TPSA) is 58.6 Å². The molecule has 0 aromatic heterocycles. The summed E-state index contributed by atoms with van der Waals surface area (Å²) in [7, 11) is 1.48. The van der Waals surface area contributed by atoms with Gasteiger partial charge in [0, 0.05) is 25.6 Å². The summed E-state index contributed by atoms with van der Waals surface area (Å²) in [6.45, 7) is 0. The zero-order valence-electron chi connectivity index (χ0n) is 11.5. The molecule has 1 amide bonds. The summed E-state index contributed by atoms with van der Waals surface area (Å²) in [4.78, 5) is 12.2. The average Bonchev–Trinajstić information content (AvgIpc) is 2.78. The molecule has 0 spiro atoms. The third-order valence-corrected chi connectivity index (χ3v) is 4.46. The minimum atomic E-state index is -0.212. The van der Waals surface area contributed by atoms with Gasteiger partial charge in [-0.1, -0.05) is 28.1 Å². The molecule has 1 aliphatic rings. The highest BCUT2D eigenvalue weighted by atomic mass is 79.9. The molecule has 2 aromatic rings. The van der Waals surface area contributed by atoms with Gasteiger partial charge in [0.1, 0.15) is 0 Å². The van der Waals surface area contributed by atoms with Crippen molar-refractivity contribution >= 4 is 55.1 Å². The number of aromatic hydroxyl groups is 1. The van der Waals surface area contributed by atoms with Crippen LogP contribution in [0.2, 0.25) is 0 Å². The van der Waals surface area contributed by atoms with Crippen LogP contribution in [0.1, 0.15) is 11.1 Å². The van der Waals surface area contributed by atoms with Gasteiger partial charge in [0.2, 0.25) is 0 Å². The number of para-hydroxylation sites is 1. The van der Waals surface area contributed by atoms with E-state index in [9.17, 15) is 9.90 Å². The predicted molar refractivity (Wildman–Crippen MR) is 93.0 cm³/mol. The smallest absolute Gasteiger partial charge is 0.256 e. The molecule has 0 unspecified atom stereocenters. The van der Waals surface area contributed by atoms with Crippen LogP contribution in [0.25, 0.3) is 11.6 Å². The highest BCUT2D eigenvalue weighted by Crippen LogP contribution is 2.41. The number of nitrogens with one attached hydrogen (secondary N) is 1. The monoisotopic (exact) mass is 423 g/mol. The number of carbonyl (C=O) groups is 1. The second-order valence-electron chi connectivity index (χ2n) is 4.72. The van der Waals surface area contributed by atoms with Crippen molar-refractivity contribution in [3.05, 3.63) is 50.4 Å². The summed E-state index contributed by atoms with van der Waals surface area (Å²) in [6.07, 6.45) is 1.65. The molecular weight excluding hydrogens is 414 g/mol. The number of benzene rings is 2. The van der Waals surface area contributed by atoms with Gasteiger partial charge in [-0.2, -0.15) is 0 Å². The van der Waals surface area contributed by atoms with Crippen molar-refractivity contribution in [2.45, 2.75) is 0 Å². The fourth-order valence-corrected chi connectivity index (χ4v) is 3.66. The van der Waals surface area contributed by atoms with Crippen LogP contribution in [0.15, 0.2) is 39.3 Å². The van der Waals surface area contributed by atoms with Gasteiger partial charge in [0.25, 0.3) is 5.91 Å². The van der Waals surface area contributed by atoms with Crippen LogP contribution in [0, 0.1) is 0 Å². The van der Waals surface area contributed by atoms with E-state index in [1.54, 1.807) is 24.3 Å². The molecule has 0 saturated carbocycles. The first kappa shape index (κ1) is 15.1. The minimum Gasteiger partial charge on any atom is -0.504 e.